The number of aromatic nitrogens is 6. The Morgan fingerprint density at radius 1 is 1.03 bits per heavy atom. The first-order chi connectivity index (χ1) is 14.5. The molecule has 30 heavy (non-hydrogen) atoms. The highest BCUT2D eigenvalue weighted by Crippen LogP contribution is 2.24. The minimum Gasteiger partial charge on any atom is -0.326 e. The maximum absolute atomic E-state index is 11.3. The Kier molecular flexibility index (Phi) is 5.62. The number of nitrogens with zero attached hydrogens (tertiary/aromatic N) is 6. The molecule has 0 fully saturated rings. The molecule has 0 spiro atoms. The Bertz CT molecular complexity index is 1180. The first-order valence-electron chi connectivity index (χ1n) is 9.41. The van der Waals surface area contributed by atoms with Gasteiger partial charge in [-0.25, -0.2) is 4.68 Å². The van der Waals surface area contributed by atoms with Crippen molar-refractivity contribution in [1.82, 2.24) is 30.0 Å². The summed E-state index contributed by atoms with van der Waals surface area (Å²) in [6.45, 7) is 5.51. The van der Waals surface area contributed by atoms with Gasteiger partial charge in [0.25, 0.3) is 0 Å². The van der Waals surface area contributed by atoms with Crippen LogP contribution in [0.15, 0.2) is 59.8 Å². The third-order valence-electron chi connectivity index (χ3n) is 4.41. The minimum atomic E-state index is -0.123. The third-order valence-corrected chi connectivity index (χ3v) is 5.40. The standard InChI is InChI=1S/C21H21N7OS/c1-14-11-15(2)27(24-14)19-9-7-17(8-10-19)13-30-21-23-25-26-28(21)20-6-4-5-18(12-20)22-16(3)29/h4-12H,13H2,1-3H3,(H,22,29). The SMILES string of the molecule is CC(=O)Nc1cccc(-n2nnnc2SCc2ccc(-n3nc(C)cc3C)cc2)c1. The summed E-state index contributed by atoms with van der Waals surface area (Å²) in [5, 5.41) is 20.0. The second-order valence-electron chi connectivity index (χ2n) is 6.90. The number of anilines is 1. The summed E-state index contributed by atoms with van der Waals surface area (Å²) >= 11 is 1.55. The molecule has 0 saturated carbocycles. The van der Waals surface area contributed by atoms with Gasteiger partial charge in [0.2, 0.25) is 11.1 Å². The summed E-state index contributed by atoms with van der Waals surface area (Å²) in [5.41, 5.74) is 5.79. The molecule has 0 aliphatic rings. The van der Waals surface area contributed by atoms with Gasteiger partial charge in [-0.3, -0.25) is 4.79 Å². The highest BCUT2D eigenvalue weighted by molar-refractivity contribution is 7.98. The minimum absolute atomic E-state index is 0.123. The number of rotatable bonds is 6. The summed E-state index contributed by atoms with van der Waals surface area (Å²) in [7, 11) is 0. The lowest BCUT2D eigenvalue weighted by atomic mass is 10.2. The predicted octanol–water partition coefficient (Wildman–Crippen LogP) is 3.72. The molecule has 2 heterocycles. The van der Waals surface area contributed by atoms with Crippen molar-refractivity contribution in [3.63, 3.8) is 0 Å². The Labute approximate surface area is 178 Å². The zero-order valence-corrected chi connectivity index (χ0v) is 17.7. The highest BCUT2D eigenvalue weighted by Gasteiger charge is 2.11. The first-order valence-corrected chi connectivity index (χ1v) is 10.4. The van der Waals surface area contributed by atoms with Crippen LogP contribution in [0.1, 0.15) is 23.9 Å². The van der Waals surface area contributed by atoms with Crippen LogP contribution < -0.4 is 5.32 Å². The lowest BCUT2D eigenvalue weighted by Gasteiger charge is -2.08. The van der Waals surface area contributed by atoms with Crippen LogP contribution in [-0.2, 0) is 10.5 Å². The summed E-state index contributed by atoms with van der Waals surface area (Å²) < 4.78 is 3.61. The van der Waals surface area contributed by atoms with Crippen LogP contribution in [0, 0.1) is 13.8 Å². The van der Waals surface area contributed by atoms with E-state index < -0.39 is 0 Å². The van der Waals surface area contributed by atoms with Gasteiger partial charge in [-0.2, -0.15) is 9.78 Å². The molecule has 4 aromatic rings. The van der Waals surface area contributed by atoms with Gasteiger partial charge in [0.05, 0.1) is 17.1 Å². The van der Waals surface area contributed by atoms with E-state index >= 15 is 0 Å². The third kappa shape index (κ3) is 4.41. The van der Waals surface area contributed by atoms with Gasteiger partial charge in [-0.15, -0.1) is 5.10 Å². The molecule has 4 rings (SSSR count). The Morgan fingerprint density at radius 2 is 1.83 bits per heavy atom. The van der Waals surface area contributed by atoms with Crippen molar-refractivity contribution in [2.75, 3.05) is 5.32 Å². The van der Waals surface area contributed by atoms with Gasteiger partial charge < -0.3 is 5.32 Å². The van der Waals surface area contributed by atoms with Crippen LogP contribution in [0.2, 0.25) is 0 Å². The number of thioether (sulfide) groups is 1. The Hall–Kier alpha value is -3.46. The van der Waals surface area contributed by atoms with Crippen molar-refractivity contribution in [1.29, 1.82) is 0 Å². The van der Waals surface area contributed by atoms with Crippen LogP contribution in [0.25, 0.3) is 11.4 Å². The number of carbonyl (C=O) groups is 1. The van der Waals surface area contributed by atoms with Crippen molar-refractivity contribution in [2.24, 2.45) is 0 Å². The number of tetrazole rings is 1. The van der Waals surface area contributed by atoms with Gasteiger partial charge >= 0.3 is 0 Å². The van der Waals surface area contributed by atoms with Gasteiger partial charge in [0.1, 0.15) is 0 Å². The van der Waals surface area contributed by atoms with E-state index in [1.807, 2.05) is 42.8 Å². The van der Waals surface area contributed by atoms with Crippen molar-refractivity contribution in [3.8, 4) is 11.4 Å². The second kappa shape index (κ2) is 8.50. The molecule has 0 saturated heterocycles. The fourth-order valence-electron chi connectivity index (χ4n) is 3.12. The van der Waals surface area contributed by atoms with Crippen molar-refractivity contribution >= 4 is 23.4 Å². The van der Waals surface area contributed by atoms with Gasteiger partial charge in [0.15, 0.2) is 0 Å². The topological polar surface area (TPSA) is 90.5 Å². The largest absolute Gasteiger partial charge is 0.326 e. The second-order valence-corrected chi connectivity index (χ2v) is 7.84. The van der Waals surface area contributed by atoms with Crippen LogP contribution >= 0.6 is 11.8 Å². The molecule has 0 aliphatic carbocycles. The van der Waals surface area contributed by atoms with E-state index in [2.05, 4.69) is 56.3 Å². The summed E-state index contributed by atoms with van der Waals surface area (Å²) in [6.07, 6.45) is 0. The van der Waals surface area contributed by atoms with E-state index in [4.69, 9.17) is 0 Å². The van der Waals surface area contributed by atoms with E-state index in [-0.39, 0.29) is 5.91 Å². The molecule has 152 valence electrons. The Balaban J connectivity index is 1.47. The summed E-state index contributed by atoms with van der Waals surface area (Å²) in [6, 6.07) is 17.8. The zero-order valence-electron chi connectivity index (χ0n) is 16.9. The summed E-state index contributed by atoms with van der Waals surface area (Å²) in [5.74, 6) is 0.603. The van der Waals surface area contributed by atoms with E-state index in [1.54, 1.807) is 16.4 Å². The quantitative estimate of drug-likeness (QED) is 0.479. The van der Waals surface area contributed by atoms with E-state index in [1.165, 1.54) is 6.92 Å². The maximum atomic E-state index is 11.3. The number of hydrogen-bond donors (Lipinski definition) is 1. The predicted molar refractivity (Wildman–Crippen MR) is 116 cm³/mol. The normalized spacial score (nSPS) is 10.9. The molecule has 0 bridgehead atoms. The molecule has 2 aromatic heterocycles. The van der Waals surface area contributed by atoms with E-state index in [9.17, 15) is 4.79 Å². The lowest BCUT2D eigenvalue weighted by molar-refractivity contribution is -0.114. The number of benzene rings is 2. The molecule has 0 radical (unpaired) electrons. The first kappa shape index (κ1) is 19.8. The number of nitrogens with one attached hydrogen (secondary N) is 1. The summed E-state index contributed by atoms with van der Waals surface area (Å²) in [4.78, 5) is 11.3. The molecule has 0 aliphatic heterocycles. The van der Waals surface area contributed by atoms with Crippen LogP contribution in [0.3, 0.4) is 0 Å². The molecular formula is C21H21N7OS. The van der Waals surface area contributed by atoms with Gasteiger partial charge in [-0.1, -0.05) is 30.0 Å². The number of carbonyl (C=O) groups excluding carboxylic acids is 1. The molecular weight excluding hydrogens is 398 g/mol. The van der Waals surface area contributed by atoms with E-state index in [0.29, 0.717) is 10.8 Å². The monoisotopic (exact) mass is 419 g/mol. The Morgan fingerprint density at radius 3 is 2.53 bits per heavy atom. The molecule has 0 unspecified atom stereocenters. The fourth-order valence-corrected chi connectivity index (χ4v) is 3.97. The molecule has 2 aromatic carbocycles. The van der Waals surface area contributed by atoms with Gasteiger partial charge in [-0.05, 0) is 66.2 Å². The van der Waals surface area contributed by atoms with Crippen LogP contribution in [-0.4, -0.2) is 35.9 Å². The van der Waals surface area contributed by atoms with Crippen molar-refractivity contribution in [3.05, 3.63) is 71.5 Å². The number of amides is 1. The van der Waals surface area contributed by atoms with Crippen molar-refractivity contribution < 1.29 is 4.79 Å². The average molecular weight is 420 g/mol. The fraction of sp³-hybridized carbons (Fsp3) is 0.190. The number of hydrogen-bond acceptors (Lipinski definition) is 6. The van der Waals surface area contributed by atoms with Crippen LogP contribution in [0.5, 0.6) is 0 Å². The number of aryl methyl sites for hydroxylation is 2. The zero-order chi connectivity index (χ0) is 21.1. The molecule has 0 atom stereocenters. The smallest absolute Gasteiger partial charge is 0.221 e. The molecule has 8 nitrogen and oxygen atoms in total. The van der Waals surface area contributed by atoms with E-state index in [0.717, 1.165) is 34.1 Å². The molecule has 9 heteroatoms. The molecule has 1 amide bonds. The van der Waals surface area contributed by atoms with Crippen molar-refractivity contribution in [2.45, 2.75) is 31.7 Å². The van der Waals surface area contributed by atoms with Gasteiger partial charge in [0, 0.05) is 24.1 Å². The highest BCUT2D eigenvalue weighted by atomic mass is 32.2. The molecule has 1 N–H and O–H groups in total. The lowest BCUT2D eigenvalue weighted by Crippen LogP contribution is -2.07. The maximum Gasteiger partial charge on any atom is 0.221 e. The van der Waals surface area contributed by atoms with Crippen LogP contribution in [0.4, 0.5) is 5.69 Å². The average Bonchev–Trinajstić information content (AvgIpc) is 3.32.